The molecule has 0 fully saturated rings. The van der Waals surface area contributed by atoms with Crippen molar-refractivity contribution in [3.63, 3.8) is 0 Å². The lowest BCUT2D eigenvalue weighted by Gasteiger charge is -2.24. The molecule has 0 aliphatic rings. The van der Waals surface area contributed by atoms with Crippen LogP contribution in [0.3, 0.4) is 0 Å². The highest BCUT2D eigenvalue weighted by atomic mass is 32.2. The summed E-state index contributed by atoms with van der Waals surface area (Å²) in [6.07, 6.45) is 1.46. The van der Waals surface area contributed by atoms with Crippen molar-refractivity contribution in [2.45, 2.75) is 20.3 Å². The topological polar surface area (TPSA) is 66.5 Å². The normalized spacial score (nSPS) is 11.2. The van der Waals surface area contributed by atoms with Crippen molar-refractivity contribution in [2.75, 3.05) is 23.7 Å². The predicted molar refractivity (Wildman–Crippen MR) is 101 cm³/mol. The van der Waals surface area contributed by atoms with Gasteiger partial charge in [0.1, 0.15) is 0 Å². The predicted octanol–water partition coefficient (Wildman–Crippen LogP) is 2.43. The van der Waals surface area contributed by atoms with Gasteiger partial charge < -0.3 is 5.32 Å². The molecule has 0 bridgehead atoms. The highest BCUT2D eigenvalue weighted by molar-refractivity contribution is 7.92. The summed E-state index contributed by atoms with van der Waals surface area (Å²) < 4.78 is 25.5. The molecule has 1 amide bonds. The molecule has 6 heteroatoms. The van der Waals surface area contributed by atoms with Gasteiger partial charge in [0.15, 0.2) is 0 Å². The van der Waals surface area contributed by atoms with Gasteiger partial charge in [-0.1, -0.05) is 42.5 Å². The number of anilines is 1. The van der Waals surface area contributed by atoms with E-state index in [2.05, 4.69) is 5.32 Å². The smallest absolute Gasteiger partial charge is 0.232 e. The van der Waals surface area contributed by atoms with E-state index in [-0.39, 0.29) is 25.4 Å². The van der Waals surface area contributed by atoms with E-state index in [9.17, 15) is 13.2 Å². The van der Waals surface area contributed by atoms with Gasteiger partial charge >= 0.3 is 0 Å². The molecule has 0 unspecified atom stereocenters. The van der Waals surface area contributed by atoms with Crippen LogP contribution < -0.4 is 9.62 Å². The third-order valence-electron chi connectivity index (χ3n) is 4.03. The number of carbonyl (C=O) groups is 1. The molecule has 134 valence electrons. The first kappa shape index (κ1) is 19.0. The standard InChI is InChI=1S/C19H24N2O3S/c1-15-8-4-6-10-17(15)14-19(22)20-12-13-21(25(3,23)24)18-11-7-5-9-16(18)2/h4-11H,12-14H2,1-3H3,(H,20,22). The SMILES string of the molecule is Cc1ccccc1CC(=O)NCCN(c1ccccc1C)S(C)(=O)=O. The van der Waals surface area contributed by atoms with Gasteiger partial charge in [-0.05, 0) is 36.6 Å². The van der Waals surface area contributed by atoms with Gasteiger partial charge in [-0.25, -0.2) is 8.42 Å². The molecule has 0 saturated heterocycles. The molecule has 0 heterocycles. The second-order valence-electron chi connectivity index (χ2n) is 6.07. The van der Waals surface area contributed by atoms with Gasteiger partial charge in [0, 0.05) is 6.54 Å². The van der Waals surface area contributed by atoms with Gasteiger partial charge in [0.05, 0.1) is 24.9 Å². The summed E-state index contributed by atoms with van der Waals surface area (Å²) in [5.41, 5.74) is 3.55. The number of carbonyl (C=O) groups excluding carboxylic acids is 1. The van der Waals surface area contributed by atoms with E-state index in [0.29, 0.717) is 5.69 Å². The average molecular weight is 360 g/mol. The minimum Gasteiger partial charge on any atom is -0.354 e. The van der Waals surface area contributed by atoms with Crippen molar-refractivity contribution in [2.24, 2.45) is 0 Å². The largest absolute Gasteiger partial charge is 0.354 e. The molecule has 1 N–H and O–H groups in total. The monoisotopic (exact) mass is 360 g/mol. The van der Waals surface area contributed by atoms with Crippen LogP contribution >= 0.6 is 0 Å². The van der Waals surface area contributed by atoms with Crippen LogP contribution in [0, 0.1) is 13.8 Å². The van der Waals surface area contributed by atoms with E-state index in [4.69, 9.17) is 0 Å². The Morgan fingerprint density at radius 1 is 1.00 bits per heavy atom. The van der Waals surface area contributed by atoms with E-state index in [1.54, 1.807) is 12.1 Å². The number of para-hydroxylation sites is 1. The maximum absolute atomic E-state index is 12.1. The number of rotatable bonds is 7. The zero-order valence-electron chi connectivity index (χ0n) is 14.8. The van der Waals surface area contributed by atoms with Crippen molar-refractivity contribution in [3.05, 3.63) is 65.2 Å². The summed E-state index contributed by atoms with van der Waals surface area (Å²) in [7, 11) is -3.42. The van der Waals surface area contributed by atoms with Crippen molar-refractivity contribution >= 4 is 21.6 Å². The first-order valence-corrected chi connectivity index (χ1v) is 9.98. The minimum absolute atomic E-state index is 0.118. The number of benzene rings is 2. The number of aryl methyl sites for hydroxylation is 2. The van der Waals surface area contributed by atoms with Crippen molar-refractivity contribution in [1.29, 1.82) is 0 Å². The van der Waals surface area contributed by atoms with E-state index in [0.717, 1.165) is 16.7 Å². The zero-order chi connectivity index (χ0) is 18.4. The second-order valence-corrected chi connectivity index (χ2v) is 7.98. The fourth-order valence-corrected chi connectivity index (χ4v) is 3.63. The van der Waals surface area contributed by atoms with Gasteiger partial charge in [-0.3, -0.25) is 9.10 Å². The Morgan fingerprint density at radius 2 is 1.60 bits per heavy atom. The summed E-state index contributed by atoms with van der Waals surface area (Å²) in [5, 5.41) is 2.81. The fourth-order valence-electron chi connectivity index (χ4n) is 2.65. The van der Waals surface area contributed by atoms with Crippen LogP contribution in [0.1, 0.15) is 16.7 Å². The lowest BCUT2D eigenvalue weighted by Crippen LogP contribution is -2.39. The maximum atomic E-state index is 12.1. The fraction of sp³-hybridized carbons (Fsp3) is 0.316. The number of nitrogens with zero attached hydrogens (tertiary/aromatic N) is 1. The summed E-state index contributed by atoms with van der Waals surface area (Å²) in [6.45, 7) is 4.28. The molecule has 25 heavy (non-hydrogen) atoms. The maximum Gasteiger partial charge on any atom is 0.232 e. The zero-order valence-corrected chi connectivity index (χ0v) is 15.6. The Hall–Kier alpha value is -2.34. The Balaban J connectivity index is 1.99. The van der Waals surface area contributed by atoms with Crippen LogP contribution in [0.4, 0.5) is 5.69 Å². The van der Waals surface area contributed by atoms with Crippen LogP contribution in [0.25, 0.3) is 0 Å². The summed E-state index contributed by atoms with van der Waals surface area (Å²) in [5.74, 6) is -0.118. The molecule has 0 aromatic heterocycles. The molecule has 2 rings (SSSR count). The lowest BCUT2D eigenvalue weighted by molar-refractivity contribution is -0.120. The quantitative estimate of drug-likeness (QED) is 0.825. The first-order valence-electron chi connectivity index (χ1n) is 8.13. The number of sulfonamides is 1. The number of nitrogens with one attached hydrogen (secondary N) is 1. The van der Waals surface area contributed by atoms with E-state index in [1.165, 1.54) is 10.6 Å². The molecule has 0 radical (unpaired) electrons. The van der Waals surface area contributed by atoms with Crippen LogP contribution in [-0.2, 0) is 21.2 Å². The van der Waals surface area contributed by atoms with E-state index in [1.807, 2.05) is 50.2 Å². The molecule has 5 nitrogen and oxygen atoms in total. The van der Waals surface area contributed by atoms with Crippen LogP contribution in [0.15, 0.2) is 48.5 Å². The summed E-state index contributed by atoms with van der Waals surface area (Å²) >= 11 is 0. The van der Waals surface area contributed by atoms with E-state index < -0.39 is 10.0 Å². The molecule has 0 aliphatic carbocycles. The van der Waals surface area contributed by atoms with Crippen molar-refractivity contribution in [3.8, 4) is 0 Å². The second kappa shape index (κ2) is 8.16. The van der Waals surface area contributed by atoms with Gasteiger partial charge in [-0.2, -0.15) is 0 Å². The number of amides is 1. The number of hydrogen-bond acceptors (Lipinski definition) is 3. The molecule has 2 aromatic rings. The Labute approximate surface area is 149 Å². The van der Waals surface area contributed by atoms with Crippen LogP contribution in [0.2, 0.25) is 0 Å². The highest BCUT2D eigenvalue weighted by Crippen LogP contribution is 2.21. The lowest BCUT2D eigenvalue weighted by atomic mass is 10.1. The van der Waals surface area contributed by atoms with Gasteiger partial charge in [-0.15, -0.1) is 0 Å². The Kier molecular flexibility index (Phi) is 6.20. The minimum atomic E-state index is -3.42. The average Bonchev–Trinajstić information content (AvgIpc) is 2.54. The van der Waals surface area contributed by atoms with Crippen molar-refractivity contribution < 1.29 is 13.2 Å². The molecular formula is C19H24N2O3S. The first-order chi connectivity index (χ1) is 11.8. The van der Waals surface area contributed by atoms with Gasteiger partial charge in [0.25, 0.3) is 0 Å². The summed E-state index contributed by atoms with van der Waals surface area (Å²) in [6, 6.07) is 15.0. The molecule has 0 saturated carbocycles. The number of hydrogen-bond donors (Lipinski definition) is 1. The van der Waals surface area contributed by atoms with Crippen molar-refractivity contribution in [1.82, 2.24) is 5.32 Å². The summed E-state index contributed by atoms with van der Waals surface area (Å²) in [4.78, 5) is 12.1. The molecule has 2 aromatic carbocycles. The van der Waals surface area contributed by atoms with E-state index >= 15 is 0 Å². The Morgan fingerprint density at radius 3 is 2.20 bits per heavy atom. The molecule has 0 spiro atoms. The van der Waals surface area contributed by atoms with Crippen LogP contribution in [0.5, 0.6) is 0 Å². The third kappa shape index (κ3) is 5.32. The highest BCUT2D eigenvalue weighted by Gasteiger charge is 2.18. The van der Waals surface area contributed by atoms with Gasteiger partial charge in [0.2, 0.25) is 15.9 Å². The van der Waals surface area contributed by atoms with Crippen LogP contribution in [-0.4, -0.2) is 33.7 Å². The molecular weight excluding hydrogens is 336 g/mol. The third-order valence-corrected chi connectivity index (χ3v) is 5.21. The molecule has 0 atom stereocenters. The Bertz CT molecular complexity index is 847. The molecule has 0 aliphatic heterocycles.